The van der Waals surface area contributed by atoms with Gasteiger partial charge in [-0.1, -0.05) is 13.8 Å². The third-order valence-corrected chi connectivity index (χ3v) is 5.30. The summed E-state index contributed by atoms with van der Waals surface area (Å²) in [6, 6.07) is 2.24. The molecule has 1 aromatic rings. The van der Waals surface area contributed by atoms with Crippen molar-refractivity contribution in [2.24, 2.45) is 5.92 Å². The van der Waals surface area contributed by atoms with E-state index >= 15 is 0 Å². The molecule has 1 fully saturated rings. The molecule has 116 valence electrons. The molecule has 5 heteroatoms. The van der Waals surface area contributed by atoms with E-state index in [0.717, 1.165) is 24.3 Å². The molecule has 0 spiro atoms. The standard InChI is InChI=1S/C16H23NO3S/c1-11(2)7-13-10-20-6-4-17(13)16(18)15-8-12-9-19-5-3-14(12)21-15/h8,11,13H,3-7,9-10H2,1-2H3/t13-/m1/s1. The smallest absolute Gasteiger partial charge is 0.264 e. The molecule has 1 aromatic heterocycles. The summed E-state index contributed by atoms with van der Waals surface area (Å²) in [5.74, 6) is 0.736. The number of rotatable bonds is 3. The van der Waals surface area contributed by atoms with Gasteiger partial charge in [0.15, 0.2) is 0 Å². The van der Waals surface area contributed by atoms with Crippen molar-refractivity contribution in [2.75, 3.05) is 26.4 Å². The monoisotopic (exact) mass is 309 g/mol. The zero-order valence-electron chi connectivity index (χ0n) is 12.8. The molecular weight excluding hydrogens is 286 g/mol. The lowest BCUT2D eigenvalue weighted by Crippen LogP contribution is -2.49. The van der Waals surface area contributed by atoms with Gasteiger partial charge in [-0.2, -0.15) is 0 Å². The molecule has 2 aliphatic heterocycles. The minimum atomic E-state index is 0.170. The van der Waals surface area contributed by atoms with Crippen LogP contribution in [0.15, 0.2) is 6.07 Å². The van der Waals surface area contributed by atoms with E-state index in [1.165, 1.54) is 10.4 Å². The number of carbonyl (C=O) groups excluding carboxylic acids is 1. The first-order valence-corrected chi connectivity index (χ1v) is 8.55. The van der Waals surface area contributed by atoms with Crippen molar-refractivity contribution in [3.63, 3.8) is 0 Å². The third kappa shape index (κ3) is 3.30. The first-order valence-electron chi connectivity index (χ1n) is 7.73. The lowest BCUT2D eigenvalue weighted by molar-refractivity contribution is -0.00721. The Morgan fingerprint density at radius 3 is 3.05 bits per heavy atom. The van der Waals surface area contributed by atoms with Gasteiger partial charge in [0.2, 0.25) is 0 Å². The van der Waals surface area contributed by atoms with Crippen molar-refractivity contribution in [3.05, 3.63) is 21.4 Å². The van der Waals surface area contributed by atoms with E-state index in [0.29, 0.717) is 32.3 Å². The summed E-state index contributed by atoms with van der Waals surface area (Å²) < 4.78 is 11.0. The number of fused-ring (bicyclic) bond motifs is 1. The SMILES string of the molecule is CC(C)C[C@@H]1COCCN1C(=O)c1cc2c(s1)CCOC2. The number of nitrogens with zero attached hydrogens (tertiary/aromatic N) is 1. The van der Waals surface area contributed by atoms with E-state index in [9.17, 15) is 4.79 Å². The van der Waals surface area contributed by atoms with Crippen LogP contribution in [0.5, 0.6) is 0 Å². The zero-order chi connectivity index (χ0) is 14.8. The largest absolute Gasteiger partial charge is 0.377 e. The molecule has 0 aromatic carbocycles. The quantitative estimate of drug-likeness (QED) is 0.862. The summed E-state index contributed by atoms with van der Waals surface area (Å²) in [5.41, 5.74) is 1.20. The maximum atomic E-state index is 12.8. The number of thiophene rings is 1. The van der Waals surface area contributed by atoms with E-state index in [1.54, 1.807) is 11.3 Å². The molecule has 3 heterocycles. The molecule has 3 rings (SSSR count). The summed E-state index contributed by atoms with van der Waals surface area (Å²) >= 11 is 1.65. The predicted molar refractivity (Wildman–Crippen MR) is 82.8 cm³/mol. The second kappa shape index (κ2) is 6.46. The minimum absolute atomic E-state index is 0.170. The first-order chi connectivity index (χ1) is 10.1. The minimum Gasteiger partial charge on any atom is -0.377 e. The lowest BCUT2D eigenvalue weighted by Gasteiger charge is -2.36. The summed E-state index contributed by atoms with van der Waals surface area (Å²) in [6.07, 6.45) is 1.94. The number of ether oxygens (including phenoxy) is 2. The Morgan fingerprint density at radius 2 is 2.29 bits per heavy atom. The van der Waals surface area contributed by atoms with Crippen molar-refractivity contribution < 1.29 is 14.3 Å². The molecule has 4 nitrogen and oxygen atoms in total. The van der Waals surface area contributed by atoms with Crippen LogP contribution >= 0.6 is 11.3 Å². The number of morpholine rings is 1. The summed E-state index contributed by atoms with van der Waals surface area (Å²) in [5, 5.41) is 0. The molecule has 1 amide bonds. The molecule has 0 saturated carbocycles. The third-order valence-electron chi connectivity index (χ3n) is 4.07. The van der Waals surface area contributed by atoms with Gasteiger partial charge in [-0.25, -0.2) is 0 Å². The van der Waals surface area contributed by atoms with Crippen molar-refractivity contribution in [2.45, 2.75) is 39.3 Å². The Morgan fingerprint density at radius 1 is 1.43 bits per heavy atom. The van der Waals surface area contributed by atoms with E-state index in [2.05, 4.69) is 13.8 Å². The summed E-state index contributed by atoms with van der Waals surface area (Å²) in [7, 11) is 0. The summed E-state index contributed by atoms with van der Waals surface area (Å²) in [6.45, 7) is 7.82. The fourth-order valence-corrected chi connectivity index (χ4v) is 4.16. The molecule has 2 aliphatic rings. The molecule has 21 heavy (non-hydrogen) atoms. The summed E-state index contributed by atoms with van der Waals surface area (Å²) in [4.78, 5) is 17.0. The fourth-order valence-electron chi connectivity index (χ4n) is 3.06. The molecule has 0 unspecified atom stereocenters. The normalized spacial score (nSPS) is 22.4. The van der Waals surface area contributed by atoms with Gasteiger partial charge in [0.1, 0.15) is 0 Å². The Kier molecular flexibility index (Phi) is 4.62. The number of carbonyl (C=O) groups is 1. The molecule has 0 aliphatic carbocycles. The highest BCUT2D eigenvalue weighted by Gasteiger charge is 2.30. The van der Waals surface area contributed by atoms with Gasteiger partial charge in [0.05, 0.1) is 37.3 Å². The van der Waals surface area contributed by atoms with Gasteiger partial charge in [-0.3, -0.25) is 4.79 Å². The lowest BCUT2D eigenvalue weighted by atomic mass is 10.0. The average molecular weight is 309 g/mol. The number of hydrogen-bond donors (Lipinski definition) is 0. The van der Waals surface area contributed by atoms with Crippen LogP contribution in [0.2, 0.25) is 0 Å². The van der Waals surface area contributed by atoms with E-state index in [-0.39, 0.29) is 11.9 Å². The maximum absolute atomic E-state index is 12.8. The maximum Gasteiger partial charge on any atom is 0.264 e. The Bertz CT molecular complexity index is 488. The van der Waals surface area contributed by atoms with Gasteiger partial charge in [-0.05, 0) is 24.0 Å². The highest BCUT2D eigenvalue weighted by molar-refractivity contribution is 7.14. The van der Waals surface area contributed by atoms with Crippen LogP contribution in [0, 0.1) is 5.92 Å². The van der Waals surface area contributed by atoms with Crippen molar-refractivity contribution >= 4 is 17.2 Å². The van der Waals surface area contributed by atoms with E-state index in [4.69, 9.17) is 9.47 Å². The predicted octanol–water partition coefficient (Wildman–Crippen LogP) is 2.71. The van der Waals surface area contributed by atoms with Crippen LogP contribution in [0.1, 0.15) is 40.4 Å². The second-order valence-electron chi connectivity index (χ2n) is 6.22. The van der Waals surface area contributed by atoms with E-state index < -0.39 is 0 Å². The van der Waals surface area contributed by atoms with Gasteiger partial charge >= 0.3 is 0 Å². The molecule has 0 radical (unpaired) electrons. The zero-order valence-corrected chi connectivity index (χ0v) is 13.6. The highest BCUT2D eigenvalue weighted by atomic mass is 32.1. The Hall–Kier alpha value is -0.910. The molecule has 1 atom stereocenters. The molecular formula is C16H23NO3S. The first kappa shape index (κ1) is 15.0. The van der Waals surface area contributed by atoms with Crippen LogP contribution < -0.4 is 0 Å². The van der Waals surface area contributed by atoms with Gasteiger partial charge < -0.3 is 14.4 Å². The molecule has 0 N–H and O–H groups in total. The number of hydrogen-bond acceptors (Lipinski definition) is 4. The Balaban J connectivity index is 1.77. The van der Waals surface area contributed by atoms with Crippen molar-refractivity contribution in [1.29, 1.82) is 0 Å². The van der Waals surface area contributed by atoms with Gasteiger partial charge in [0.25, 0.3) is 5.91 Å². The van der Waals surface area contributed by atoms with Crippen LogP contribution in [0.4, 0.5) is 0 Å². The highest BCUT2D eigenvalue weighted by Crippen LogP contribution is 2.29. The Labute approximate surface area is 130 Å². The fraction of sp³-hybridized carbons (Fsp3) is 0.688. The van der Waals surface area contributed by atoms with Gasteiger partial charge in [-0.15, -0.1) is 11.3 Å². The van der Waals surface area contributed by atoms with Gasteiger partial charge in [0, 0.05) is 17.8 Å². The topological polar surface area (TPSA) is 38.8 Å². The van der Waals surface area contributed by atoms with Crippen LogP contribution in [0.3, 0.4) is 0 Å². The van der Waals surface area contributed by atoms with Crippen LogP contribution in [-0.2, 0) is 22.5 Å². The van der Waals surface area contributed by atoms with Crippen molar-refractivity contribution in [1.82, 2.24) is 4.90 Å². The molecule has 0 bridgehead atoms. The average Bonchev–Trinajstić information content (AvgIpc) is 2.90. The number of amides is 1. The second-order valence-corrected chi connectivity index (χ2v) is 7.36. The van der Waals surface area contributed by atoms with Crippen molar-refractivity contribution in [3.8, 4) is 0 Å². The van der Waals surface area contributed by atoms with E-state index in [1.807, 2.05) is 11.0 Å². The van der Waals surface area contributed by atoms with Crippen LogP contribution in [0.25, 0.3) is 0 Å². The molecule has 1 saturated heterocycles. The van der Waals surface area contributed by atoms with Crippen LogP contribution in [-0.4, -0.2) is 43.2 Å².